The third kappa shape index (κ3) is 2.76. The summed E-state index contributed by atoms with van der Waals surface area (Å²) in [6.45, 7) is 2.83. The van der Waals surface area contributed by atoms with Crippen molar-refractivity contribution in [2.24, 2.45) is 0 Å². The third-order valence-electron chi connectivity index (χ3n) is 2.99. The van der Waals surface area contributed by atoms with Crippen molar-refractivity contribution in [3.63, 3.8) is 0 Å². The van der Waals surface area contributed by atoms with E-state index in [1.165, 1.54) is 6.07 Å². The molecule has 1 heterocycles. The second kappa shape index (κ2) is 5.30. The topological polar surface area (TPSA) is 64.4 Å². The molecule has 0 saturated carbocycles. The predicted octanol–water partition coefficient (Wildman–Crippen LogP) is 2.63. The first kappa shape index (κ1) is 12.8. The van der Waals surface area contributed by atoms with E-state index in [9.17, 15) is 14.5 Å². The average Bonchev–Trinajstić information content (AvgIpc) is 2.34. The lowest BCUT2D eigenvalue weighted by Gasteiger charge is -2.24. The molecule has 0 amide bonds. The lowest BCUT2D eigenvalue weighted by Crippen LogP contribution is -2.30. The van der Waals surface area contributed by atoms with Gasteiger partial charge in [0.2, 0.25) is 0 Å². The van der Waals surface area contributed by atoms with Crippen LogP contribution < -0.4 is 5.32 Å². The summed E-state index contributed by atoms with van der Waals surface area (Å²) in [7, 11) is 0. The Balaban J connectivity index is 2.24. The van der Waals surface area contributed by atoms with Gasteiger partial charge in [-0.2, -0.15) is 0 Å². The number of anilines is 1. The van der Waals surface area contributed by atoms with E-state index in [0.717, 1.165) is 25.5 Å². The summed E-state index contributed by atoms with van der Waals surface area (Å²) in [4.78, 5) is 10.3. The molecule has 6 heteroatoms. The summed E-state index contributed by atoms with van der Waals surface area (Å²) >= 11 is 0. The first-order chi connectivity index (χ1) is 8.58. The van der Waals surface area contributed by atoms with Gasteiger partial charge in [0.05, 0.1) is 17.6 Å². The fourth-order valence-corrected chi connectivity index (χ4v) is 2.01. The Hall–Kier alpha value is -1.69. The van der Waals surface area contributed by atoms with Crippen LogP contribution in [0.5, 0.6) is 0 Å². The maximum atomic E-state index is 13.3. The molecule has 0 aliphatic carbocycles. The fraction of sp³-hybridized carbons (Fsp3) is 0.500. The number of nitrogens with one attached hydrogen (secondary N) is 1. The zero-order chi connectivity index (χ0) is 13.1. The van der Waals surface area contributed by atoms with E-state index in [1.807, 2.05) is 0 Å². The molecular weight excluding hydrogens is 239 g/mol. The highest BCUT2D eigenvalue weighted by atomic mass is 19.1. The van der Waals surface area contributed by atoms with Crippen molar-refractivity contribution < 1.29 is 14.1 Å². The zero-order valence-electron chi connectivity index (χ0n) is 10.1. The van der Waals surface area contributed by atoms with Gasteiger partial charge in [-0.25, -0.2) is 4.39 Å². The summed E-state index contributed by atoms with van der Waals surface area (Å²) < 4.78 is 18.6. The van der Waals surface area contributed by atoms with Gasteiger partial charge >= 0.3 is 0 Å². The second-order valence-corrected chi connectivity index (χ2v) is 4.43. The summed E-state index contributed by atoms with van der Waals surface area (Å²) in [5, 5.41) is 14.0. The van der Waals surface area contributed by atoms with Crippen molar-refractivity contribution in [2.75, 3.05) is 18.5 Å². The van der Waals surface area contributed by atoms with Gasteiger partial charge in [-0.15, -0.1) is 0 Å². The maximum Gasteiger partial charge on any atom is 0.295 e. The molecule has 1 fully saturated rings. The summed E-state index contributed by atoms with van der Waals surface area (Å²) in [6, 6.07) is 2.48. The van der Waals surface area contributed by atoms with Crippen LogP contribution in [-0.2, 0) is 4.74 Å². The molecule has 1 aromatic carbocycles. The number of hydrogen-bond acceptors (Lipinski definition) is 4. The predicted molar refractivity (Wildman–Crippen MR) is 65.3 cm³/mol. The van der Waals surface area contributed by atoms with Gasteiger partial charge in [-0.1, -0.05) is 0 Å². The molecule has 1 saturated heterocycles. The molecular formula is C12H15FN2O3. The molecule has 0 radical (unpaired) electrons. The van der Waals surface area contributed by atoms with Crippen molar-refractivity contribution in [3.05, 3.63) is 33.6 Å². The smallest absolute Gasteiger partial charge is 0.295 e. The molecule has 1 N–H and O–H groups in total. The maximum absolute atomic E-state index is 13.3. The quantitative estimate of drug-likeness (QED) is 0.665. The Morgan fingerprint density at radius 3 is 2.94 bits per heavy atom. The van der Waals surface area contributed by atoms with Crippen molar-refractivity contribution in [1.82, 2.24) is 0 Å². The largest absolute Gasteiger partial charge is 0.379 e. The highest BCUT2D eigenvalue weighted by Crippen LogP contribution is 2.29. The van der Waals surface area contributed by atoms with E-state index >= 15 is 0 Å². The van der Waals surface area contributed by atoms with Gasteiger partial charge in [0.1, 0.15) is 11.5 Å². The van der Waals surface area contributed by atoms with E-state index in [-0.39, 0.29) is 11.7 Å². The lowest BCUT2D eigenvalue weighted by molar-refractivity contribution is -0.384. The van der Waals surface area contributed by atoms with Crippen LogP contribution in [0.4, 0.5) is 15.8 Å². The first-order valence-corrected chi connectivity index (χ1v) is 5.86. The number of nitro groups is 1. The van der Waals surface area contributed by atoms with E-state index in [0.29, 0.717) is 17.9 Å². The number of nitro benzene ring substituents is 1. The third-order valence-corrected chi connectivity index (χ3v) is 2.99. The van der Waals surface area contributed by atoms with Gasteiger partial charge in [-0.05, 0) is 31.4 Å². The van der Waals surface area contributed by atoms with Crippen LogP contribution in [0.1, 0.15) is 18.4 Å². The van der Waals surface area contributed by atoms with E-state index < -0.39 is 10.7 Å². The molecule has 0 spiro atoms. The Morgan fingerprint density at radius 1 is 1.56 bits per heavy atom. The molecule has 1 aliphatic rings. The van der Waals surface area contributed by atoms with Crippen molar-refractivity contribution in [2.45, 2.75) is 25.8 Å². The number of nitrogens with zero attached hydrogens (tertiary/aromatic N) is 1. The van der Waals surface area contributed by atoms with Crippen LogP contribution in [0.2, 0.25) is 0 Å². The minimum absolute atomic E-state index is 0.0438. The molecule has 1 atom stereocenters. The number of halogens is 1. The molecule has 5 nitrogen and oxygen atoms in total. The first-order valence-electron chi connectivity index (χ1n) is 5.86. The van der Waals surface area contributed by atoms with Crippen LogP contribution in [-0.4, -0.2) is 24.2 Å². The molecule has 2 rings (SSSR count). The monoisotopic (exact) mass is 254 g/mol. The minimum Gasteiger partial charge on any atom is -0.379 e. The normalized spacial score (nSPS) is 19.6. The van der Waals surface area contributed by atoms with Crippen LogP contribution in [0.25, 0.3) is 0 Å². The van der Waals surface area contributed by atoms with Crippen LogP contribution in [0, 0.1) is 22.9 Å². The Kier molecular flexibility index (Phi) is 3.76. The molecule has 1 aliphatic heterocycles. The second-order valence-electron chi connectivity index (χ2n) is 4.43. The van der Waals surface area contributed by atoms with Gasteiger partial charge in [0.15, 0.2) is 0 Å². The molecule has 18 heavy (non-hydrogen) atoms. The number of benzene rings is 1. The summed E-state index contributed by atoms with van der Waals surface area (Å²) in [5.74, 6) is -0.563. The van der Waals surface area contributed by atoms with E-state index in [1.54, 1.807) is 6.92 Å². The summed E-state index contributed by atoms with van der Waals surface area (Å²) in [5.41, 5.74) is 0.512. The van der Waals surface area contributed by atoms with E-state index in [2.05, 4.69) is 5.32 Å². The van der Waals surface area contributed by atoms with Crippen molar-refractivity contribution in [3.8, 4) is 0 Å². The van der Waals surface area contributed by atoms with Gasteiger partial charge in [-0.3, -0.25) is 10.1 Å². The Bertz CT molecular complexity index is 459. The molecule has 0 bridgehead atoms. The number of aryl methyl sites for hydroxylation is 1. The van der Waals surface area contributed by atoms with Crippen LogP contribution in [0.15, 0.2) is 12.1 Å². The highest BCUT2D eigenvalue weighted by Gasteiger charge is 2.21. The Labute approximate surface area is 104 Å². The minimum atomic E-state index is -0.575. The van der Waals surface area contributed by atoms with Gasteiger partial charge in [0.25, 0.3) is 5.69 Å². The number of rotatable bonds is 3. The Morgan fingerprint density at radius 2 is 2.33 bits per heavy atom. The molecule has 1 aromatic rings. The number of ether oxygens (including phenoxy) is 1. The van der Waals surface area contributed by atoms with Gasteiger partial charge in [0, 0.05) is 12.6 Å². The van der Waals surface area contributed by atoms with E-state index in [4.69, 9.17) is 4.74 Å². The highest BCUT2D eigenvalue weighted by molar-refractivity contribution is 5.63. The lowest BCUT2D eigenvalue weighted by atomic mass is 10.1. The zero-order valence-corrected chi connectivity index (χ0v) is 10.1. The van der Waals surface area contributed by atoms with Crippen LogP contribution >= 0.6 is 0 Å². The van der Waals surface area contributed by atoms with Crippen molar-refractivity contribution in [1.29, 1.82) is 0 Å². The van der Waals surface area contributed by atoms with Crippen molar-refractivity contribution >= 4 is 11.4 Å². The molecule has 1 unspecified atom stereocenters. The molecule has 0 aromatic heterocycles. The standard InChI is InChI=1S/C12H15FN2O3/c1-8-5-11(12(15(16)17)6-10(8)13)14-9-3-2-4-18-7-9/h5-6,9,14H,2-4,7H2,1H3. The number of hydrogen-bond donors (Lipinski definition) is 1. The molecule has 98 valence electrons. The fourth-order valence-electron chi connectivity index (χ4n) is 2.01. The average molecular weight is 254 g/mol. The SMILES string of the molecule is Cc1cc(NC2CCCOC2)c([N+](=O)[O-])cc1F. The summed E-state index contributed by atoms with van der Waals surface area (Å²) in [6.07, 6.45) is 1.82. The van der Waals surface area contributed by atoms with Crippen LogP contribution in [0.3, 0.4) is 0 Å². The van der Waals surface area contributed by atoms with Gasteiger partial charge < -0.3 is 10.1 Å².